The number of anilines is 1. The molecule has 0 bridgehead atoms. The second-order valence-corrected chi connectivity index (χ2v) is 4.30. The average Bonchev–Trinajstić information content (AvgIpc) is 2.09. The van der Waals surface area contributed by atoms with Gasteiger partial charge in [0.2, 0.25) is 0 Å². The first kappa shape index (κ1) is 12.7. The van der Waals surface area contributed by atoms with Crippen molar-refractivity contribution in [2.75, 3.05) is 4.90 Å². The van der Waals surface area contributed by atoms with Crippen molar-refractivity contribution < 1.29 is 0 Å². The van der Waals surface area contributed by atoms with Crippen molar-refractivity contribution in [1.29, 1.82) is 5.41 Å². The second kappa shape index (κ2) is 4.67. The highest BCUT2D eigenvalue weighted by Crippen LogP contribution is 2.28. The molecular weight excluding hydrogens is 244 g/mol. The molecule has 6 heteroatoms. The van der Waals surface area contributed by atoms with E-state index in [-0.39, 0.29) is 11.1 Å². The maximum Gasteiger partial charge on any atom is 0.199 e. The Hall–Kier alpha value is -1.33. The van der Waals surface area contributed by atoms with E-state index in [2.05, 4.69) is 0 Å². The lowest BCUT2D eigenvalue weighted by Crippen LogP contribution is -2.45. The Morgan fingerprint density at radius 2 is 1.75 bits per heavy atom. The molecular formula is C10H13ClN4S. The first-order chi connectivity index (χ1) is 7.34. The van der Waals surface area contributed by atoms with Gasteiger partial charge in [0.1, 0.15) is 0 Å². The maximum absolute atomic E-state index is 7.47. The van der Waals surface area contributed by atoms with Gasteiger partial charge in [-0.15, -0.1) is 0 Å². The molecule has 0 radical (unpaired) electrons. The van der Waals surface area contributed by atoms with E-state index in [0.717, 1.165) is 11.1 Å². The van der Waals surface area contributed by atoms with E-state index in [1.165, 1.54) is 4.90 Å². The Kier molecular flexibility index (Phi) is 3.72. The van der Waals surface area contributed by atoms with Gasteiger partial charge in [-0.1, -0.05) is 11.6 Å². The van der Waals surface area contributed by atoms with Crippen LogP contribution >= 0.6 is 23.8 Å². The van der Waals surface area contributed by atoms with Gasteiger partial charge in [0.15, 0.2) is 11.1 Å². The number of guanidine groups is 1. The zero-order valence-electron chi connectivity index (χ0n) is 9.04. The minimum absolute atomic E-state index is 0.0426. The van der Waals surface area contributed by atoms with Crippen molar-refractivity contribution in [2.45, 2.75) is 13.8 Å². The van der Waals surface area contributed by atoms with Gasteiger partial charge in [0.05, 0.1) is 5.69 Å². The number of hydrogen-bond acceptors (Lipinski definition) is 2. The third-order valence-corrected chi connectivity index (χ3v) is 2.54. The van der Waals surface area contributed by atoms with Crippen LogP contribution in [0.25, 0.3) is 0 Å². The highest BCUT2D eigenvalue weighted by Gasteiger charge is 2.17. The number of nitrogens with two attached hydrogens (primary N) is 2. The van der Waals surface area contributed by atoms with E-state index in [1.54, 1.807) is 12.1 Å². The summed E-state index contributed by atoms with van der Waals surface area (Å²) in [4.78, 5) is 1.32. The Bertz CT molecular complexity index is 421. The van der Waals surface area contributed by atoms with Crippen molar-refractivity contribution in [1.82, 2.24) is 0 Å². The normalized spacial score (nSPS) is 9.94. The molecule has 5 N–H and O–H groups in total. The van der Waals surface area contributed by atoms with Crippen molar-refractivity contribution in [2.24, 2.45) is 11.5 Å². The lowest BCUT2D eigenvalue weighted by Gasteiger charge is -2.24. The second-order valence-electron chi connectivity index (χ2n) is 3.45. The molecule has 0 aliphatic carbocycles. The molecule has 0 atom stereocenters. The molecule has 0 heterocycles. The number of nitrogens with zero attached hydrogens (tertiary/aromatic N) is 1. The molecule has 0 amide bonds. The van der Waals surface area contributed by atoms with Crippen LogP contribution in [-0.4, -0.2) is 11.1 Å². The van der Waals surface area contributed by atoms with Crippen LogP contribution < -0.4 is 16.4 Å². The van der Waals surface area contributed by atoms with E-state index < -0.39 is 0 Å². The van der Waals surface area contributed by atoms with Crippen LogP contribution in [0.15, 0.2) is 12.1 Å². The molecule has 0 spiro atoms. The third-order valence-electron chi connectivity index (χ3n) is 2.14. The highest BCUT2D eigenvalue weighted by molar-refractivity contribution is 7.80. The molecule has 1 rings (SSSR count). The van der Waals surface area contributed by atoms with Crippen molar-refractivity contribution in [3.63, 3.8) is 0 Å². The Labute approximate surface area is 105 Å². The van der Waals surface area contributed by atoms with Crippen LogP contribution in [0.5, 0.6) is 0 Å². The van der Waals surface area contributed by atoms with Gasteiger partial charge < -0.3 is 11.5 Å². The predicted octanol–water partition coefficient (Wildman–Crippen LogP) is 1.90. The van der Waals surface area contributed by atoms with Crippen LogP contribution in [0.1, 0.15) is 11.1 Å². The molecule has 0 unspecified atom stereocenters. The molecule has 4 nitrogen and oxygen atoms in total. The maximum atomic E-state index is 7.47. The Balaban J connectivity index is 3.41. The zero-order chi connectivity index (χ0) is 12.5. The summed E-state index contributed by atoms with van der Waals surface area (Å²) in [5, 5.41) is 8.14. The SMILES string of the molecule is Cc1cc(Cl)cc(C)c1N(C(=N)N)C(N)=S. The topological polar surface area (TPSA) is 79.1 Å². The smallest absolute Gasteiger partial charge is 0.199 e. The molecule has 16 heavy (non-hydrogen) atoms. The summed E-state index contributed by atoms with van der Waals surface area (Å²) in [5.74, 6) is -0.207. The first-order valence-electron chi connectivity index (χ1n) is 4.55. The summed E-state index contributed by atoms with van der Waals surface area (Å²) < 4.78 is 0. The summed E-state index contributed by atoms with van der Waals surface area (Å²) in [6, 6.07) is 3.55. The first-order valence-corrected chi connectivity index (χ1v) is 5.33. The van der Waals surface area contributed by atoms with Crippen LogP contribution in [0, 0.1) is 19.3 Å². The number of thiocarbonyl (C=S) groups is 1. The molecule has 0 aromatic heterocycles. The number of rotatable bonds is 1. The van der Waals surface area contributed by atoms with Crippen LogP contribution in [0.2, 0.25) is 5.02 Å². The van der Waals surface area contributed by atoms with Crippen molar-refractivity contribution in [3.05, 3.63) is 28.3 Å². The van der Waals surface area contributed by atoms with Gasteiger partial charge >= 0.3 is 0 Å². The summed E-state index contributed by atoms with van der Waals surface area (Å²) >= 11 is 10.8. The highest BCUT2D eigenvalue weighted by atomic mass is 35.5. The molecule has 0 saturated carbocycles. The summed E-state index contributed by atoms with van der Waals surface area (Å²) in [6.45, 7) is 3.73. The minimum atomic E-state index is -0.207. The van der Waals surface area contributed by atoms with Gasteiger partial charge in [-0.3, -0.25) is 10.3 Å². The molecule has 0 aliphatic rings. The van der Waals surface area contributed by atoms with E-state index >= 15 is 0 Å². The fraction of sp³-hybridized carbons (Fsp3) is 0.200. The van der Waals surface area contributed by atoms with E-state index in [0.29, 0.717) is 10.7 Å². The van der Waals surface area contributed by atoms with E-state index in [4.69, 9.17) is 40.7 Å². The lowest BCUT2D eigenvalue weighted by atomic mass is 10.1. The molecule has 0 saturated heterocycles. The molecule has 0 fully saturated rings. The number of hydrogen-bond donors (Lipinski definition) is 3. The molecule has 0 aliphatic heterocycles. The van der Waals surface area contributed by atoms with Gasteiger partial charge in [-0.25, -0.2) is 0 Å². The third kappa shape index (κ3) is 2.43. The molecule has 1 aromatic rings. The van der Waals surface area contributed by atoms with Crippen molar-refractivity contribution >= 4 is 40.6 Å². The quantitative estimate of drug-likeness (QED) is 0.407. The lowest BCUT2D eigenvalue weighted by molar-refractivity contribution is 1.24. The van der Waals surface area contributed by atoms with Crippen molar-refractivity contribution in [3.8, 4) is 0 Å². The van der Waals surface area contributed by atoms with Gasteiger partial charge in [-0.05, 0) is 49.3 Å². The monoisotopic (exact) mass is 256 g/mol. The standard InChI is InChI=1S/C10H13ClN4S/c1-5-3-7(11)4-6(2)8(5)15(9(12)13)10(14)16/h3-4H,1-2H3,(H3,12,13)(H2,14,16). The number of aryl methyl sites for hydroxylation is 2. The summed E-state index contributed by atoms with van der Waals surface area (Å²) in [7, 11) is 0. The minimum Gasteiger partial charge on any atom is -0.376 e. The molecule has 86 valence electrons. The van der Waals surface area contributed by atoms with E-state index in [9.17, 15) is 0 Å². The zero-order valence-corrected chi connectivity index (χ0v) is 10.6. The summed E-state index contributed by atoms with van der Waals surface area (Å²) in [5.41, 5.74) is 13.5. The van der Waals surface area contributed by atoms with E-state index in [1.807, 2.05) is 13.8 Å². The Morgan fingerprint density at radius 3 is 2.06 bits per heavy atom. The number of benzene rings is 1. The van der Waals surface area contributed by atoms with Gasteiger partial charge in [0, 0.05) is 5.02 Å². The van der Waals surface area contributed by atoms with Gasteiger partial charge in [0.25, 0.3) is 0 Å². The predicted molar refractivity (Wildman–Crippen MR) is 72.1 cm³/mol. The van der Waals surface area contributed by atoms with Crippen LogP contribution in [0.3, 0.4) is 0 Å². The van der Waals surface area contributed by atoms with Gasteiger partial charge in [-0.2, -0.15) is 0 Å². The fourth-order valence-electron chi connectivity index (χ4n) is 1.61. The Morgan fingerprint density at radius 1 is 1.31 bits per heavy atom. The number of halogens is 1. The fourth-order valence-corrected chi connectivity index (χ4v) is 2.12. The summed E-state index contributed by atoms with van der Waals surface area (Å²) in [6.07, 6.45) is 0. The largest absolute Gasteiger partial charge is 0.376 e. The number of nitrogens with one attached hydrogen (secondary N) is 1. The van der Waals surface area contributed by atoms with Crippen LogP contribution in [0.4, 0.5) is 5.69 Å². The molecule has 1 aromatic carbocycles. The van der Waals surface area contributed by atoms with Crippen LogP contribution in [-0.2, 0) is 0 Å². The average molecular weight is 257 g/mol.